The van der Waals surface area contributed by atoms with Crippen molar-refractivity contribution in [2.75, 3.05) is 19.0 Å². The van der Waals surface area contributed by atoms with Gasteiger partial charge in [0, 0.05) is 12.2 Å². The molecule has 1 aliphatic rings. The summed E-state index contributed by atoms with van der Waals surface area (Å²) in [6, 6.07) is 17.0. The van der Waals surface area contributed by atoms with Crippen LogP contribution in [0.3, 0.4) is 0 Å². The zero-order valence-electron chi connectivity index (χ0n) is 11.2. The van der Waals surface area contributed by atoms with Gasteiger partial charge in [0.1, 0.15) is 5.75 Å². The molecular weight excluding hydrogens is 234 g/mol. The van der Waals surface area contributed by atoms with Crippen molar-refractivity contribution in [3.63, 3.8) is 0 Å². The maximum absolute atomic E-state index is 5.31. The molecule has 1 heterocycles. The normalized spacial score (nSPS) is 17.4. The molecule has 3 rings (SSSR count). The molecule has 0 fully saturated rings. The van der Waals surface area contributed by atoms with Crippen molar-refractivity contribution in [2.24, 2.45) is 5.92 Å². The molecule has 98 valence electrons. The number of rotatable bonds is 3. The summed E-state index contributed by atoms with van der Waals surface area (Å²) < 4.78 is 5.31. The van der Waals surface area contributed by atoms with Crippen molar-refractivity contribution in [1.82, 2.24) is 0 Å². The molecule has 0 radical (unpaired) electrons. The second kappa shape index (κ2) is 5.35. The van der Waals surface area contributed by atoms with Gasteiger partial charge in [-0.15, -0.1) is 0 Å². The van der Waals surface area contributed by atoms with E-state index in [9.17, 15) is 0 Å². The van der Waals surface area contributed by atoms with E-state index in [1.807, 2.05) is 6.07 Å². The average Bonchev–Trinajstić information content (AvgIpc) is 2.47. The Kier molecular flexibility index (Phi) is 3.41. The fourth-order valence-corrected chi connectivity index (χ4v) is 2.77. The second-order valence-electron chi connectivity index (χ2n) is 5.16. The van der Waals surface area contributed by atoms with Gasteiger partial charge in [0.25, 0.3) is 0 Å². The van der Waals surface area contributed by atoms with Crippen LogP contribution in [0, 0.1) is 5.92 Å². The van der Waals surface area contributed by atoms with Gasteiger partial charge in [-0.25, -0.2) is 0 Å². The molecule has 19 heavy (non-hydrogen) atoms. The maximum atomic E-state index is 5.31. The van der Waals surface area contributed by atoms with E-state index in [1.165, 1.54) is 16.8 Å². The zero-order valence-corrected chi connectivity index (χ0v) is 11.2. The Hall–Kier alpha value is -1.96. The van der Waals surface area contributed by atoms with Gasteiger partial charge >= 0.3 is 0 Å². The summed E-state index contributed by atoms with van der Waals surface area (Å²) in [4.78, 5) is 0. The van der Waals surface area contributed by atoms with Crippen LogP contribution in [0.15, 0.2) is 48.5 Å². The van der Waals surface area contributed by atoms with Crippen LogP contribution in [0.5, 0.6) is 5.75 Å². The van der Waals surface area contributed by atoms with Crippen LogP contribution in [0.2, 0.25) is 0 Å². The number of hydrogen-bond donors (Lipinski definition) is 1. The molecule has 2 aromatic rings. The maximum Gasteiger partial charge on any atom is 0.119 e. The Morgan fingerprint density at radius 2 is 2.00 bits per heavy atom. The van der Waals surface area contributed by atoms with Crippen LogP contribution >= 0.6 is 0 Å². The van der Waals surface area contributed by atoms with Gasteiger partial charge in [-0.2, -0.15) is 0 Å². The highest BCUT2D eigenvalue weighted by Gasteiger charge is 2.18. The molecule has 2 aromatic carbocycles. The quantitative estimate of drug-likeness (QED) is 0.903. The van der Waals surface area contributed by atoms with Gasteiger partial charge in [-0.1, -0.05) is 30.3 Å². The lowest BCUT2D eigenvalue weighted by Crippen LogP contribution is -2.24. The smallest absolute Gasteiger partial charge is 0.119 e. The van der Waals surface area contributed by atoms with Crippen LogP contribution < -0.4 is 10.1 Å². The molecule has 1 aliphatic heterocycles. The molecule has 2 heteroatoms. The monoisotopic (exact) mass is 253 g/mol. The summed E-state index contributed by atoms with van der Waals surface area (Å²) in [5.41, 5.74) is 4.04. The SMILES string of the molecule is COc1ccc2c(c1)CC(Cc1ccccc1)CN2. The van der Waals surface area contributed by atoms with Crippen molar-refractivity contribution in [1.29, 1.82) is 0 Å². The molecular formula is C17H19NO. The van der Waals surface area contributed by atoms with Crippen molar-refractivity contribution in [2.45, 2.75) is 12.8 Å². The summed E-state index contributed by atoms with van der Waals surface area (Å²) in [5.74, 6) is 1.60. The van der Waals surface area contributed by atoms with Gasteiger partial charge in [-0.3, -0.25) is 0 Å². The van der Waals surface area contributed by atoms with Crippen LogP contribution in [-0.2, 0) is 12.8 Å². The summed E-state index contributed by atoms with van der Waals surface area (Å²) in [5, 5.41) is 3.53. The summed E-state index contributed by atoms with van der Waals surface area (Å²) in [7, 11) is 1.72. The number of benzene rings is 2. The van der Waals surface area contributed by atoms with Gasteiger partial charge in [0.05, 0.1) is 7.11 Å². The third-order valence-corrected chi connectivity index (χ3v) is 3.77. The third kappa shape index (κ3) is 2.73. The molecule has 0 spiro atoms. The van der Waals surface area contributed by atoms with Crippen molar-refractivity contribution in [3.8, 4) is 5.75 Å². The van der Waals surface area contributed by atoms with Crippen LogP contribution in [0.1, 0.15) is 11.1 Å². The number of methoxy groups -OCH3 is 1. The Bertz CT molecular complexity index is 550. The predicted molar refractivity (Wildman–Crippen MR) is 78.8 cm³/mol. The second-order valence-corrected chi connectivity index (χ2v) is 5.16. The van der Waals surface area contributed by atoms with Crippen molar-refractivity contribution < 1.29 is 4.74 Å². The molecule has 1 atom stereocenters. The summed E-state index contributed by atoms with van der Waals surface area (Å²) >= 11 is 0. The molecule has 0 amide bonds. The minimum absolute atomic E-state index is 0.655. The van der Waals surface area contributed by atoms with E-state index in [1.54, 1.807) is 7.11 Å². The molecule has 0 saturated carbocycles. The fraction of sp³-hybridized carbons (Fsp3) is 0.294. The lowest BCUT2D eigenvalue weighted by molar-refractivity contribution is 0.413. The van der Waals surface area contributed by atoms with Gasteiger partial charge in [0.15, 0.2) is 0 Å². The van der Waals surface area contributed by atoms with Crippen LogP contribution in [0.4, 0.5) is 5.69 Å². The van der Waals surface area contributed by atoms with Crippen LogP contribution in [0.25, 0.3) is 0 Å². The molecule has 0 aliphatic carbocycles. The first-order chi connectivity index (χ1) is 9.35. The number of nitrogens with one attached hydrogen (secondary N) is 1. The van der Waals surface area contributed by atoms with Crippen molar-refractivity contribution in [3.05, 3.63) is 59.7 Å². The number of ether oxygens (including phenoxy) is 1. The number of fused-ring (bicyclic) bond motifs is 1. The minimum Gasteiger partial charge on any atom is -0.497 e. The largest absolute Gasteiger partial charge is 0.497 e. The van der Waals surface area contributed by atoms with E-state index in [2.05, 4.69) is 47.8 Å². The van der Waals surface area contributed by atoms with Gasteiger partial charge in [0.2, 0.25) is 0 Å². The molecule has 0 aromatic heterocycles. The molecule has 0 bridgehead atoms. The Morgan fingerprint density at radius 3 is 2.79 bits per heavy atom. The number of hydrogen-bond acceptors (Lipinski definition) is 2. The number of anilines is 1. The zero-order chi connectivity index (χ0) is 13.1. The third-order valence-electron chi connectivity index (χ3n) is 3.77. The van der Waals surface area contributed by atoms with E-state index < -0.39 is 0 Å². The molecule has 1 unspecified atom stereocenters. The summed E-state index contributed by atoms with van der Waals surface area (Å²) in [6.07, 6.45) is 2.25. The molecule has 0 saturated heterocycles. The Balaban J connectivity index is 1.74. The van der Waals surface area contributed by atoms with E-state index in [4.69, 9.17) is 4.74 Å². The highest BCUT2D eigenvalue weighted by atomic mass is 16.5. The molecule has 2 nitrogen and oxygen atoms in total. The van der Waals surface area contributed by atoms with E-state index in [0.29, 0.717) is 5.92 Å². The first kappa shape index (κ1) is 12.1. The lowest BCUT2D eigenvalue weighted by atomic mass is 9.89. The lowest BCUT2D eigenvalue weighted by Gasteiger charge is -2.26. The average molecular weight is 253 g/mol. The minimum atomic E-state index is 0.655. The first-order valence-electron chi connectivity index (χ1n) is 6.80. The van der Waals surface area contributed by atoms with Gasteiger partial charge in [-0.05, 0) is 48.1 Å². The Morgan fingerprint density at radius 1 is 1.16 bits per heavy atom. The fourth-order valence-electron chi connectivity index (χ4n) is 2.77. The van der Waals surface area contributed by atoms with E-state index in [0.717, 1.165) is 25.1 Å². The predicted octanol–water partition coefficient (Wildman–Crippen LogP) is 3.52. The Labute approximate surface area is 114 Å². The van der Waals surface area contributed by atoms with Crippen LogP contribution in [-0.4, -0.2) is 13.7 Å². The topological polar surface area (TPSA) is 21.3 Å². The van der Waals surface area contributed by atoms with E-state index >= 15 is 0 Å². The highest BCUT2D eigenvalue weighted by Crippen LogP contribution is 2.29. The molecule has 1 N–H and O–H groups in total. The van der Waals surface area contributed by atoms with Crippen molar-refractivity contribution >= 4 is 5.69 Å². The van der Waals surface area contributed by atoms with Gasteiger partial charge < -0.3 is 10.1 Å². The first-order valence-corrected chi connectivity index (χ1v) is 6.80. The standard InChI is InChI=1S/C17H19NO/c1-19-16-7-8-17-15(11-16)10-14(12-18-17)9-13-5-3-2-4-6-13/h2-8,11,14,18H,9-10,12H2,1H3. The van der Waals surface area contributed by atoms with E-state index in [-0.39, 0.29) is 0 Å². The summed E-state index contributed by atoms with van der Waals surface area (Å²) in [6.45, 7) is 1.05. The highest BCUT2D eigenvalue weighted by molar-refractivity contribution is 5.56.